The number of imide groups is 1. The summed E-state index contributed by atoms with van der Waals surface area (Å²) in [6.07, 6.45) is 5.92. The number of benzene rings is 2. The van der Waals surface area contributed by atoms with Gasteiger partial charge < -0.3 is 9.88 Å². The van der Waals surface area contributed by atoms with Crippen LogP contribution in [0.15, 0.2) is 66.1 Å². The van der Waals surface area contributed by atoms with E-state index in [2.05, 4.69) is 10.3 Å². The minimum atomic E-state index is -0.597. The number of aromatic nitrogens is 2. The lowest BCUT2D eigenvalue weighted by Crippen LogP contribution is -2.37. The third-order valence-electron chi connectivity index (χ3n) is 4.88. The number of imidazole rings is 1. The summed E-state index contributed by atoms with van der Waals surface area (Å²) in [5.41, 5.74) is 0.606. The van der Waals surface area contributed by atoms with Crippen molar-refractivity contribution in [2.45, 2.75) is 0 Å². The standard InChI is InChI=1S/C22H16FN5O5S/c23-16-4-1-14(2-5-16)11-19-21(30)27(22(31)34-19)10-8-25-20(29)15-3-6-17(18(12-15)28(32)33)26-9-7-24-13-26/h1-7,9,11-13H,8,10H2,(H,25,29)/b19-11-. The normalized spacial score (nSPS) is 14.6. The second-order valence-electron chi connectivity index (χ2n) is 7.07. The molecule has 3 amide bonds. The van der Waals surface area contributed by atoms with Crippen LogP contribution in [0.4, 0.5) is 14.9 Å². The maximum absolute atomic E-state index is 13.0. The molecular weight excluding hydrogens is 465 g/mol. The first-order valence-corrected chi connectivity index (χ1v) is 10.7. The van der Waals surface area contributed by atoms with Crippen LogP contribution in [0.25, 0.3) is 11.8 Å². The van der Waals surface area contributed by atoms with Crippen LogP contribution in [0.1, 0.15) is 15.9 Å². The zero-order chi connectivity index (χ0) is 24.2. The molecule has 1 aliphatic heterocycles. The van der Waals surface area contributed by atoms with Crippen LogP contribution < -0.4 is 5.32 Å². The monoisotopic (exact) mass is 481 g/mol. The molecule has 3 aromatic rings. The zero-order valence-corrected chi connectivity index (χ0v) is 18.2. The fourth-order valence-electron chi connectivity index (χ4n) is 3.22. The number of hydrogen-bond donors (Lipinski definition) is 1. The molecule has 10 nitrogen and oxygen atoms in total. The lowest BCUT2D eigenvalue weighted by atomic mass is 10.1. The molecule has 0 bridgehead atoms. The van der Waals surface area contributed by atoms with Crippen molar-refractivity contribution < 1.29 is 23.7 Å². The van der Waals surface area contributed by atoms with Crippen molar-refractivity contribution >= 4 is 40.6 Å². The van der Waals surface area contributed by atoms with Crippen molar-refractivity contribution in [3.63, 3.8) is 0 Å². The molecule has 4 rings (SSSR count). The largest absolute Gasteiger partial charge is 0.350 e. The van der Waals surface area contributed by atoms with Crippen molar-refractivity contribution in [1.82, 2.24) is 19.8 Å². The Morgan fingerprint density at radius 3 is 2.65 bits per heavy atom. The Hall–Kier alpha value is -4.32. The Labute approximate surface area is 196 Å². The predicted octanol–water partition coefficient (Wildman–Crippen LogP) is 3.39. The molecule has 2 heterocycles. The molecule has 0 saturated carbocycles. The molecule has 0 radical (unpaired) electrons. The van der Waals surface area contributed by atoms with Gasteiger partial charge in [0.05, 0.1) is 16.2 Å². The Balaban J connectivity index is 1.39. The van der Waals surface area contributed by atoms with E-state index in [4.69, 9.17) is 0 Å². The van der Waals surface area contributed by atoms with Gasteiger partial charge in [-0.05, 0) is 47.7 Å². The summed E-state index contributed by atoms with van der Waals surface area (Å²) >= 11 is 0.751. The molecule has 0 aliphatic carbocycles. The number of nitro groups is 1. The minimum absolute atomic E-state index is 0.0439. The summed E-state index contributed by atoms with van der Waals surface area (Å²) in [6, 6.07) is 9.49. The summed E-state index contributed by atoms with van der Waals surface area (Å²) < 4.78 is 14.5. The van der Waals surface area contributed by atoms with Gasteiger partial charge in [0.25, 0.3) is 22.7 Å². The van der Waals surface area contributed by atoms with Crippen LogP contribution in [0.3, 0.4) is 0 Å². The topological polar surface area (TPSA) is 127 Å². The third-order valence-corrected chi connectivity index (χ3v) is 5.79. The predicted molar refractivity (Wildman–Crippen MR) is 122 cm³/mol. The molecule has 0 spiro atoms. The molecule has 172 valence electrons. The highest BCUT2D eigenvalue weighted by atomic mass is 32.2. The number of halogens is 1. The Bertz CT molecular complexity index is 1310. The average Bonchev–Trinajstić information content (AvgIpc) is 3.44. The quantitative estimate of drug-likeness (QED) is 0.311. The van der Waals surface area contributed by atoms with E-state index in [1.165, 1.54) is 59.6 Å². The minimum Gasteiger partial charge on any atom is -0.350 e. The Kier molecular flexibility index (Phi) is 6.50. The van der Waals surface area contributed by atoms with E-state index >= 15 is 0 Å². The van der Waals surface area contributed by atoms with Crippen LogP contribution in [-0.2, 0) is 4.79 Å². The van der Waals surface area contributed by atoms with Crippen molar-refractivity contribution in [3.8, 4) is 5.69 Å². The first kappa shape index (κ1) is 22.9. The highest BCUT2D eigenvalue weighted by Gasteiger charge is 2.34. The van der Waals surface area contributed by atoms with Gasteiger partial charge in [0, 0.05) is 37.1 Å². The van der Waals surface area contributed by atoms with E-state index in [1.807, 2.05) is 0 Å². The van der Waals surface area contributed by atoms with Crippen molar-refractivity contribution in [1.29, 1.82) is 0 Å². The van der Waals surface area contributed by atoms with Crippen molar-refractivity contribution in [3.05, 3.63) is 93.1 Å². The molecule has 0 unspecified atom stereocenters. The molecule has 34 heavy (non-hydrogen) atoms. The molecule has 1 N–H and O–H groups in total. The summed E-state index contributed by atoms with van der Waals surface area (Å²) in [5.74, 6) is -1.52. The molecule has 2 aromatic carbocycles. The van der Waals surface area contributed by atoms with E-state index in [9.17, 15) is 28.9 Å². The second-order valence-corrected chi connectivity index (χ2v) is 8.06. The summed E-state index contributed by atoms with van der Waals surface area (Å²) in [7, 11) is 0. The fourth-order valence-corrected chi connectivity index (χ4v) is 4.08. The first-order chi connectivity index (χ1) is 16.3. The number of carbonyl (C=O) groups is 3. The Morgan fingerprint density at radius 2 is 1.97 bits per heavy atom. The van der Waals surface area contributed by atoms with Gasteiger partial charge in [-0.1, -0.05) is 12.1 Å². The maximum Gasteiger partial charge on any atom is 0.294 e. The number of thioether (sulfide) groups is 1. The zero-order valence-electron chi connectivity index (χ0n) is 17.4. The van der Waals surface area contributed by atoms with Crippen LogP contribution in [0.5, 0.6) is 0 Å². The van der Waals surface area contributed by atoms with Crippen molar-refractivity contribution in [2.75, 3.05) is 13.1 Å². The van der Waals surface area contributed by atoms with Gasteiger partial charge in [-0.2, -0.15) is 0 Å². The van der Waals surface area contributed by atoms with Gasteiger partial charge in [0.1, 0.15) is 11.5 Å². The van der Waals surface area contributed by atoms with Gasteiger partial charge in [0.15, 0.2) is 0 Å². The molecule has 12 heteroatoms. The molecule has 1 saturated heterocycles. The van der Waals surface area contributed by atoms with Crippen LogP contribution in [0.2, 0.25) is 0 Å². The van der Waals surface area contributed by atoms with Gasteiger partial charge in [-0.15, -0.1) is 0 Å². The van der Waals surface area contributed by atoms with Gasteiger partial charge in [0.2, 0.25) is 0 Å². The first-order valence-electron chi connectivity index (χ1n) is 9.89. The van der Waals surface area contributed by atoms with E-state index in [1.54, 1.807) is 6.20 Å². The summed E-state index contributed by atoms with van der Waals surface area (Å²) in [4.78, 5) is 53.2. The smallest absolute Gasteiger partial charge is 0.294 e. The van der Waals surface area contributed by atoms with Gasteiger partial charge >= 0.3 is 0 Å². The SMILES string of the molecule is O=C(NCCN1C(=O)S/C(=C\c2ccc(F)cc2)C1=O)c1ccc(-n2ccnc2)c([N+](=O)[O-])c1. The number of carbonyl (C=O) groups excluding carboxylic acids is 3. The Morgan fingerprint density at radius 1 is 1.21 bits per heavy atom. The third kappa shape index (κ3) is 4.86. The van der Waals surface area contributed by atoms with Crippen LogP contribution in [-0.4, -0.2) is 49.5 Å². The van der Waals surface area contributed by atoms with E-state index in [-0.39, 0.29) is 34.9 Å². The van der Waals surface area contributed by atoms with Gasteiger partial charge in [-0.3, -0.25) is 29.4 Å². The van der Waals surface area contributed by atoms with E-state index < -0.39 is 27.8 Å². The maximum atomic E-state index is 13.0. The fraction of sp³-hybridized carbons (Fsp3) is 0.0909. The summed E-state index contributed by atoms with van der Waals surface area (Å²) in [6.45, 7) is -0.121. The molecule has 1 aliphatic rings. The molecule has 1 fully saturated rings. The average molecular weight is 481 g/mol. The number of amides is 3. The van der Waals surface area contributed by atoms with Gasteiger partial charge in [-0.25, -0.2) is 9.37 Å². The molecular formula is C22H16FN5O5S. The molecule has 1 aromatic heterocycles. The number of nitrogens with one attached hydrogen (secondary N) is 1. The van der Waals surface area contributed by atoms with Crippen molar-refractivity contribution in [2.24, 2.45) is 0 Å². The second kappa shape index (κ2) is 9.67. The lowest BCUT2D eigenvalue weighted by Gasteiger charge is -2.13. The van der Waals surface area contributed by atoms with E-state index in [0.29, 0.717) is 5.56 Å². The summed E-state index contributed by atoms with van der Waals surface area (Å²) in [5, 5.41) is 13.5. The number of hydrogen-bond acceptors (Lipinski definition) is 7. The van der Waals surface area contributed by atoms with E-state index in [0.717, 1.165) is 22.7 Å². The highest BCUT2D eigenvalue weighted by Crippen LogP contribution is 2.32. The number of nitro benzene ring substituents is 1. The van der Waals surface area contributed by atoms with Crippen LogP contribution in [0, 0.1) is 15.9 Å². The number of nitrogens with zero attached hydrogens (tertiary/aromatic N) is 4. The number of rotatable bonds is 7. The molecule has 0 atom stereocenters. The van der Waals surface area contributed by atoms with Crippen LogP contribution >= 0.6 is 11.8 Å². The lowest BCUT2D eigenvalue weighted by molar-refractivity contribution is -0.384. The highest BCUT2D eigenvalue weighted by molar-refractivity contribution is 8.18.